The first-order valence-electron chi connectivity index (χ1n) is 9.38. The molecule has 1 aliphatic rings. The number of ether oxygens (including phenoxy) is 2. The largest absolute Gasteiger partial charge is 0.497 e. The first-order valence-corrected chi connectivity index (χ1v) is 12.2. The summed E-state index contributed by atoms with van der Waals surface area (Å²) >= 11 is 0. The summed E-state index contributed by atoms with van der Waals surface area (Å²) in [6.45, 7) is 0. The SMILES string of the molecule is COc1ccc(S(=O)(=O)OC2CCC(OS(=O)(=O)c3ccc(OC)cc3)CC2)cc1. The van der Waals surface area contributed by atoms with Crippen molar-refractivity contribution in [3.63, 3.8) is 0 Å². The smallest absolute Gasteiger partial charge is 0.297 e. The minimum absolute atomic E-state index is 0.0451. The highest BCUT2D eigenvalue weighted by Crippen LogP contribution is 2.29. The maximum absolute atomic E-state index is 12.4. The standard InChI is InChI=1S/C20H24O8S2/c1-25-15-7-11-19(12-8-15)29(21,22)27-17-3-5-18(6-4-17)28-30(23,24)20-13-9-16(26-2)10-14-20/h7-14,17-18H,3-6H2,1-2H3. The molecule has 0 aliphatic heterocycles. The van der Waals surface area contributed by atoms with Crippen LogP contribution in [0.25, 0.3) is 0 Å². The molecule has 0 amide bonds. The molecule has 1 fully saturated rings. The summed E-state index contributed by atoms with van der Waals surface area (Å²) in [5.41, 5.74) is 0. The van der Waals surface area contributed by atoms with E-state index < -0.39 is 32.4 Å². The van der Waals surface area contributed by atoms with Crippen molar-refractivity contribution < 1.29 is 34.7 Å². The lowest BCUT2D eigenvalue weighted by molar-refractivity contribution is 0.0878. The van der Waals surface area contributed by atoms with Crippen LogP contribution in [0.1, 0.15) is 25.7 Å². The predicted octanol–water partition coefficient (Wildman–Crippen LogP) is 3.13. The number of hydrogen-bond donors (Lipinski definition) is 0. The first kappa shape index (κ1) is 22.5. The minimum Gasteiger partial charge on any atom is -0.497 e. The summed E-state index contributed by atoms with van der Waals surface area (Å²) in [5.74, 6) is 1.09. The molecular formula is C20H24O8S2. The van der Waals surface area contributed by atoms with Gasteiger partial charge in [-0.05, 0) is 74.2 Å². The molecule has 0 N–H and O–H groups in total. The van der Waals surface area contributed by atoms with Gasteiger partial charge in [-0.2, -0.15) is 16.8 Å². The van der Waals surface area contributed by atoms with Crippen LogP contribution in [0.3, 0.4) is 0 Å². The van der Waals surface area contributed by atoms with Gasteiger partial charge in [-0.1, -0.05) is 0 Å². The Morgan fingerprint density at radius 2 is 0.900 bits per heavy atom. The minimum atomic E-state index is -3.91. The molecule has 0 atom stereocenters. The number of rotatable bonds is 8. The molecule has 164 valence electrons. The third kappa shape index (κ3) is 5.51. The van der Waals surface area contributed by atoms with Crippen molar-refractivity contribution in [3.8, 4) is 11.5 Å². The summed E-state index contributed by atoms with van der Waals surface area (Å²) in [6, 6.07) is 11.9. The van der Waals surface area contributed by atoms with Crippen LogP contribution in [-0.4, -0.2) is 43.3 Å². The van der Waals surface area contributed by atoms with Gasteiger partial charge in [-0.3, -0.25) is 8.37 Å². The van der Waals surface area contributed by atoms with Crippen LogP contribution in [-0.2, 0) is 28.6 Å². The number of hydrogen-bond acceptors (Lipinski definition) is 8. The topological polar surface area (TPSA) is 105 Å². The molecule has 0 bridgehead atoms. The Bertz CT molecular complexity index is 949. The van der Waals surface area contributed by atoms with Gasteiger partial charge in [0.1, 0.15) is 11.5 Å². The lowest BCUT2D eigenvalue weighted by Crippen LogP contribution is -2.29. The maximum atomic E-state index is 12.4. The molecule has 0 spiro atoms. The summed E-state index contributed by atoms with van der Waals surface area (Å²) in [7, 11) is -4.84. The van der Waals surface area contributed by atoms with Crippen LogP contribution in [0.15, 0.2) is 58.3 Å². The molecule has 2 aromatic carbocycles. The summed E-state index contributed by atoms with van der Waals surface area (Å²) in [6.07, 6.45) is 0.438. The molecule has 0 unspecified atom stereocenters. The van der Waals surface area contributed by atoms with E-state index in [1.54, 1.807) is 24.3 Å². The van der Waals surface area contributed by atoms with E-state index in [0.29, 0.717) is 37.2 Å². The van der Waals surface area contributed by atoms with E-state index in [0.717, 1.165) is 0 Å². The molecular weight excluding hydrogens is 432 g/mol. The van der Waals surface area contributed by atoms with Crippen molar-refractivity contribution in [3.05, 3.63) is 48.5 Å². The quantitative estimate of drug-likeness (QED) is 0.558. The van der Waals surface area contributed by atoms with Crippen LogP contribution in [0, 0.1) is 0 Å². The molecule has 30 heavy (non-hydrogen) atoms. The van der Waals surface area contributed by atoms with Crippen LogP contribution >= 0.6 is 0 Å². The van der Waals surface area contributed by atoms with Gasteiger partial charge in [0.25, 0.3) is 20.2 Å². The van der Waals surface area contributed by atoms with Crippen molar-refractivity contribution in [2.75, 3.05) is 14.2 Å². The van der Waals surface area contributed by atoms with Gasteiger partial charge in [0.2, 0.25) is 0 Å². The molecule has 2 aromatic rings. The van der Waals surface area contributed by atoms with Crippen LogP contribution < -0.4 is 9.47 Å². The molecule has 0 heterocycles. The Balaban J connectivity index is 1.56. The van der Waals surface area contributed by atoms with Gasteiger partial charge in [0, 0.05) is 0 Å². The predicted molar refractivity (Wildman–Crippen MR) is 109 cm³/mol. The average molecular weight is 457 g/mol. The highest BCUT2D eigenvalue weighted by Gasteiger charge is 2.30. The van der Waals surface area contributed by atoms with Crippen LogP contribution in [0.4, 0.5) is 0 Å². The highest BCUT2D eigenvalue weighted by molar-refractivity contribution is 7.87. The maximum Gasteiger partial charge on any atom is 0.297 e. The fraction of sp³-hybridized carbons (Fsp3) is 0.400. The fourth-order valence-electron chi connectivity index (χ4n) is 3.18. The molecule has 10 heteroatoms. The molecule has 0 radical (unpaired) electrons. The van der Waals surface area contributed by atoms with Crippen molar-refractivity contribution >= 4 is 20.2 Å². The van der Waals surface area contributed by atoms with Crippen LogP contribution in [0.5, 0.6) is 11.5 Å². The molecule has 0 saturated heterocycles. The Kier molecular flexibility index (Phi) is 7.02. The van der Waals surface area contributed by atoms with Crippen molar-refractivity contribution in [1.82, 2.24) is 0 Å². The fourth-order valence-corrected chi connectivity index (χ4v) is 5.44. The van der Waals surface area contributed by atoms with Crippen molar-refractivity contribution in [1.29, 1.82) is 0 Å². The van der Waals surface area contributed by atoms with Gasteiger partial charge in [0.05, 0.1) is 36.2 Å². The second-order valence-corrected chi connectivity index (χ2v) is 9.99. The van der Waals surface area contributed by atoms with E-state index in [9.17, 15) is 16.8 Å². The van der Waals surface area contributed by atoms with Gasteiger partial charge in [-0.25, -0.2) is 0 Å². The lowest BCUT2D eigenvalue weighted by atomic mass is 9.95. The Morgan fingerprint density at radius 1 is 0.600 bits per heavy atom. The molecule has 1 aliphatic carbocycles. The van der Waals surface area contributed by atoms with Gasteiger partial charge in [-0.15, -0.1) is 0 Å². The number of benzene rings is 2. The van der Waals surface area contributed by atoms with Crippen molar-refractivity contribution in [2.45, 2.75) is 47.7 Å². The Hall–Kier alpha value is -2.14. The van der Waals surface area contributed by atoms with Gasteiger partial charge >= 0.3 is 0 Å². The summed E-state index contributed by atoms with van der Waals surface area (Å²) < 4.78 is 70.5. The van der Waals surface area contributed by atoms with E-state index >= 15 is 0 Å². The highest BCUT2D eigenvalue weighted by atomic mass is 32.2. The zero-order valence-electron chi connectivity index (χ0n) is 16.7. The van der Waals surface area contributed by atoms with E-state index in [-0.39, 0.29) is 9.79 Å². The zero-order valence-corrected chi connectivity index (χ0v) is 18.3. The summed E-state index contributed by atoms with van der Waals surface area (Å²) in [5, 5.41) is 0. The zero-order chi connectivity index (χ0) is 21.8. The van der Waals surface area contributed by atoms with E-state index in [2.05, 4.69) is 0 Å². The van der Waals surface area contributed by atoms with E-state index in [1.165, 1.54) is 38.5 Å². The van der Waals surface area contributed by atoms with Crippen LogP contribution in [0.2, 0.25) is 0 Å². The monoisotopic (exact) mass is 456 g/mol. The first-order chi connectivity index (χ1) is 14.2. The molecule has 1 saturated carbocycles. The Labute approximate surface area is 177 Å². The lowest BCUT2D eigenvalue weighted by Gasteiger charge is -2.27. The third-order valence-electron chi connectivity index (χ3n) is 4.84. The Morgan fingerprint density at radius 3 is 1.17 bits per heavy atom. The van der Waals surface area contributed by atoms with Crippen molar-refractivity contribution in [2.24, 2.45) is 0 Å². The molecule has 0 aromatic heterocycles. The number of methoxy groups -OCH3 is 2. The second kappa shape index (κ2) is 9.34. The van der Waals surface area contributed by atoms with Gasteiger partial charge < -0.3 is 9.47 Å². The normalized spacial score (nSPS) is 19.9. The van der Waals surface area contributed by atoms with Gasteiger partial charge in [0.15, 0.2) is 0 Å². The second-order valence-electron chi connectivity index (χ2n) is 6.85. The van der Waals surface area contributed by atoms with E-state index in [4.69, 9.17) is 17.8 Å². The molecule has 8 nitrogen and oxygen atoms in total. The molecule has 3 rings (SSSR count). The summed E-state index contributed by atoms with van der Waals surface area (Å²) in [4.78, 5) is 0.0903. The van der Waals surface area contributed by atoms with E-state index in [1.807, 2.05) is 0 Å². The third-order valence-corrected chi connectivity index (χ3v) is 7.59. The average Bonchev–Trinajstić information content (AvgIpc) is 2.75.